The van der Waals surface area contributed by atoms with Crippen molar-refractivity contribution in [3.63, 3.8) is 0 Å². The zero-order valence-electron chi connectivity index (χ0n) is 13.4. The summed E-state index contributed by atoms with van der Waals surface area (Å²) in [5.41, 5.74) is 2.02. The molecule has 2 N–H and O–H groups in total. The molecule has 0 saturated carbocycles. The third kappa shape index (κ3) is 4.24. The van der Waals surface area contributed by atoms with E-state index in [4.69, 9.17) is 0 Å². The van der Waals surface area contributed by atoms with Crippen LogP contribution in [0.2, 0.25) is 0 Å². The van der Waals surface area contributed by atoms with Crippen LogP contribution in [0.1, 0.15) is 25.3 Å². The summed E-state index contributed by atoms with van der Waals surface area (Å²) in [4.78, 5) is 17.5. The van der Waals surface area contributed by atoms with Gasteiger partial charge in [0.2, 0.25) is 11.1 Å². The lowest BCUT2D eigenvalue weighted by Crippen LogP contribution is -2.14. The molecule has 0 unspecified atom stereocenters. The molecule has 1 amide bonds. The number of anilines is 1. The minimum Gasteiger partial charge on any atom is -0.325 e. The first kappa shape index (κ1) is 16.7. The van der Waals surface area contributed by atoms with Gasteiger partial charge in [0.25, 0.3) is 0 Å². The zero-order valence-corrected chi connectivity index (χ0v) is 15.1. The molecule has 7 heteroatoms. The molecular formula is C17H18N4OS2. The van der Waals surface area contributed by atoms with Crippen molar-refractivity contribution in [1.29, 1.82) is 0 Å². The molecular weight excluding hydrogens is 340 g/mol. The van der Waals surface area contributed by atoms with Gasteiger partial charge in [0.05, 0.1) is 10.6 Å². The lowest BCUT2D eigenvalue weighted by atomic mass is 10.0. The molecule has 124 valence electrons. The lowest BCUT2D eigenvalue weighted by Gasteiger charge is -2.09. The summed E-state index contributed by atoms with van der Waals surface area (Å²) in [6, 6.07) is 11.9. The van der Waals surface area contributed by atoms with Crippen LogP contribution in [0.15, 0.2) is 46.9 Å². The maximum Gasteiger partial charge on any atom is 0.234 e. The topological polar surface area (TPSA) is 70.7 Å². The Hall–Kier alpha value is -2.12. The Morgan fingerprint density at radius 2 is 2.21 bits per heavy atom. The highest BCUT2D eigenvalue weighted by molar-refractivity contribution is 7.99. The van der Waals surface area contributed by atoms with Crippen molar-refractivity contribution in [3.8, 4) is 10.7 Å². The summed E-state index contributed by atoms with van der Waals surface area (Å²) < 4.78 is 0. The number of benzene rings is 1. The number of aromatic amines is 1. The van der Waals surface area contributed by atoms with Gasteiger partial charge in [-0.3, -0.25) is 9.89 Å². The van der Waals surface area contributed by atoms with Crippen molar-refractivity contribution in [2.75, 3.05) is 11.1 Å². The van der Waals surface area contributed by atoms with Crippen LogP contribution >= 0.6 is 23.1 Å². The van der Waals surface area contributed by atoms with Crippen molar-refractivity contribution in [2.45, 2.75) is 24.9 Å². The molecule has 2 heterocycles. The molecule has 0 bridgehead atoms. The predicted molar refractivity (Wildman–Crippen MR) is 99.6 cm³/mol. The summed E-state index contributed by atoms with van der Waals surface area (Å²) in [6.07, 6.45) is 0. The fourth-order valence-electron chi connectivity index (χ4n) is 2.14. The molecule has 0 spiro atoms. The van der Waals surface area contributed by atoms with Gasteiger partial charge in [-0.2, -0.15) is 0 Å². The van der Waals surface area contributed by atoms with Crippen LogP contribution in [0.3, 0.4) is 0 Å². The Morgan fingerprint density at radius 3 is 2.96 bits per heavy atom. The van der Waals surface area contributed by atoms with Crippen molar-refractivity contribution in [3.05, 3.63) is 47.3 Å². The van der Waals surface area contributed by atoms with Gasteiger partial charge in [0.15, 0.2) is 5.82 Å². The molecule has 3 rings (SSSR count). The van der Waals surface area contributed by atoms with Crippen LogP contribution in [-0.2, 0) is 4.79 Å². The second kappa shape index (κ2) is 7.63. The van der Waals surface area contributed by atoms with E-state index in [0.717, 1.165) is 16.4 Å². The highest BCUT2D eigenvalue weighted by Gasteiger charge is 2.10. The first-order chi connectivity index (χ1) is 11.6. The first-order valence-corrected chi connectivity index (χ1v) is 9.47. The van der Waals surface area contributed by atoms with Crippen LogP contribution in [0.5, 0.6) is 0 Å². The molecule has 1 aromatic carbocycles. The molecule has 2 aromatic heterocycles. The van der Waals surface area contributed by atoms with Gasteiger partial charge in [-0.25, -0.2) is 4.98 Å². The average molecular weight is 358 g/mol. The maximum atomic E-state index is 12.1. The number of thiophene rings is 1. The third-order valence-corrected chi connectivity index (χ3v) is 5.11. The van der Waals surface area contributed by atoms with Crippen LogP contribution < -0.4 is 5.32 Å². The van der Waals surface area contributed by atoms with E-state index in [1.165, 1.54) is 17.3 Å². The Kier molecular flexibility index (Phi) is 5.32. The van der Waals surface area contributed by atoms with Gasteiger partial charge in [0, 0.05) is 5.69 Å². The number of rotatable bonds is 6. The second-order valence-corrected chi connectivity index (χ2v) is 7.45. The minimum atomic E-state index is -0.0663. The number of nitrogens with zero attached hydrogens (tertiary/aromatic N) is 2. The Labute approximate surface area is 148 Å². The number of carbonyl (C=O) groups excluding carboxylic acids is 1. The van der Waals surface area contributed by atoms with Gasteiger partial charge in [0.1, 0.15) is 0 Å². The molecule has 0 radical (unpaired) electrons. The lowest BCUT2D eigenvalue weighted by molar-refractivity contribution is -0.113. The number of carbonyl (C=O) groups is 1. The van der Waals surface area contributed by atoms with E-state index in [9.17, 15) is 4.79 Å². The summed E-state index contributed by atoms with van der Waals surface area (Å²) >= 11 is 2.91. The fourth-order valence-corrected chi connectivity index (χ4v) is 3.40. The van der Waals surface area contributed by atoms with Crippen LogP contribution in [-0.4, -0.2) is 26.8 Å². The number of hydrogen-bond acceptors (Lipinski definition) is 5. The molecule has 24 heavy (non-hydrogen) atoms. The summed E-state index contributed by atoms with van der Waals surface area (Å²) in [7, 11) is 0. The monoisotopic (exact) mass is 358 g/mol. The van der Waals surface area contributed by atoms with Gasteiger partial charge in [-0.15, -0.1) is 16.4 Å². The standard InChI is InChI=1S/C17H18N4OS2/c1-11(2)12-5-3-6-13(9-12)18-15(22)10-24-17-19-16(20-21-17)14-7-4-8-23-14/h3-9,11H,10H2,1-2H3,(H,18,22)(H,19,20,21). The zero-order chi connectivity index (χ0) is 16.9. The molecule has 0 atom stereocenters. The van der Waals surface area contributed by atoms with Crippen molar-refractivity contribution >= 4 is 34.7 Å². The van der Waals surface area contributed by atoms with E-state index >= 15 is 0 Å². The molecule has 3 aromatic rings. The van der Waals surface area contributed by atoms with Gasteiger partial charge in [-0.05, 0) is 35.1 Å². The molecule has 0 aliphatic heterocycles. The maximum absolute atomic E-state index is 12.1. The number of thioether (sulfide) groups is 1. The van der Waals surface area contributed by atoms with Crippen molar-refractivity contribution in [2.24, 2.45) is 0 Å². The largest absolute Gasteiger partial charge is 0.325 e. The number of amides is 1. The van der Waals surface area contributed by atoms with Gasteiger partial charge >= 0.3 is 0 Å². The number of hydrogen-bond donors (Lipinski definition) is 2. The van der Waals surface area contributed by atoms with Crippen LogP contribution in [0.4, 0.5) is 5.69 Å². The Morgan fingerprint density at radius 1 is 1.33 bits per heavy atom. The number of H-pyrrole nitrogens is 1. The minimum absolute atomic E-state index is 0.0663. The normalized spacial score (nSPS) is 11.0. The van der Waals surface area contributed by atoms with E-state index in [2.05, 4.69) is 40.4 Å². The van der Waals surface area contributed by atoms with Gasteiger partial charge < -0.3 is 5.32 Å². The van der Waals surface area contributed by atoms with Crippen molar-refractivity contribution < 1.29 is 4.79 Å². The highest BCUT2D eigenvalue weighted by Crippen LogP contribution is 2.23. The van der Waals surface area contributed by atoms with E-state index in [1.807, 2.05) is 35.7 Å². The highest BCUT2D eigenvalue weighted by atomic mass is 32.2. The van der Waals surface area contributed by atoms with E-state index in [-0.39, 0.29) is 11.7 Å². The number of nitrogens with one attached hydrogen (secondary N) is 2. The average Bonchev–Trinajstić information content (AvgIpc) is 3.24. The van der Waals surface area contributed by atoms with Crippen LogP contribution in [0, 0.1) is 0 Å². The first-order valence-electron chi connectivity index (χ1n) is 7.60. The predicted octanol–water partition coefficient (Wildman–Crippen LogP) is 4.39. The molecule has 0 aliphatic rings. The summed E-state index contributed by atoms with van der Waals surface area (Å²) in [6.45, 7) is 4.26. The fraction of sp³-hybridized carbons (Fsp3) is 0.235. The van der Waals surface area contributed by atoms with E-state index in [1.54, 1.807) is 11.3 Å². The summed E-state index contributed by atoms with van der Waals surface area (Å²) in [5, 5.41) is 12.5. The third-order valence-electron chi connectivity index (χ3n) is 3.39. The molecule has 5 nitrogen and oxygen atoms in total. The Bertz CT molecular complexity index is 812. The molecule has 0 aliphatic carbocycles. The quantitative estimate of drug-likeness (QED) is 0.641. The molecule has 0 fully saturated rings. The molecule has 0 saturated heterocycles. The van der Waals surface area contributed by atoms with E-state index in [0.29, 0.717) is 11.1 Å². The van der Waals surface area contributed by atoms with Crippen LogP contribution in [0.25, 0.3) is 10.7 Å². The number of aromatic nitrogens is 3. The van der Waals surface area contributed by atoms with E-state index < -0.39 is 0 Å². The Balaban J connectivity index is 1.55. The second-order valence-electron chi connectivity index (χ2n) is 5.56. The van der Waals surface area contributed by atoms with Gasteiger partial charge in [-0.1, -0.05) is 43.8 Å². The summed E-state index contributed by atoms with van der Waals surface area (Å²) in [5.74, 6) is 1.37. The SMILES string of the molecule is CC(C)c1cccc(NC(=O)CSc2n[nH]c(-c3cccs3)n2)c1. The van der Waals surface area contributed by atoms with Crippen molar-refractivity contribution in [1.82, 2.24) is 15.2 Å². The smallest absolute Gasteiger partial charge is 0.234 e.